The standard InChI is InChI=1S/C46H87N41/c1-2-12-55-32-72-30(73-34(76-32)60-17-7-48)28-54-22-23-65-43-81-38(79-40(83-43)62-19-9-50)57-14-4-15-58-39-80-41(63-20-10-51)84-44(82-39)68-26-27-69-46-86-42(64-21-11-52)85-45(87-46)67-25-24-66-35-71-29(70-33(77-35)59-16-6-47)5-3-13-56-36-74-31(53)75-37(78-36)61-18-8-49/h54H,2-28,47-52H2,1H3,(H2,55,60,72,73,76)(H2,59,66,70,71,77)(H4,53,56,61,74,75,78)(H3,57,62,65,79,81,83)(H3,58,63,68,80,82,84)(H3,64,67,69,85,86,87). The van der Waals surface area contributed by atoms with Gasteiger partial charge in [-0.25, -0.2) is 0 Å². The van der Waals surface area contributed by atoms with Crippen LogP contribution < -0.4 is 126 Å². The Labute approximate surface area is 500 Å². The summed E-state index contributed by atoms with van der Waals surface area (Å²) in [6.45, 7) is 12.4. The molecule has 0 unspecified atom stereocenters. The quantitative estimate of drug-likeness (QED) is 0.0158. The molecule has 476 valence electrons. The summed E-state index contributed by atoms with van der Waals surface area (Å²) in [6.07, 6.45) is 2.69. The number of nitrogen functional groups attached to an aromatic ring is 1. The Balaban J connectivity index is 0.986. The van der Waals surface area contributed by atoms with Crippen molar-refractivity contribution in [2.24, 2.45) is 54.4 Å². The van der Waals surface area contributed by atoms with Crippen LogP contribution in [0, 0.1) is 0 Å². The van der Waals surface area contributed by atoms with Crippen LogP contribution in [-0.2, 0) is 13.0 Å². The van der Waals surface area contributed by atoms with Crippen molar-refractivity contribution in [2.45, 2.75) is 39.2 Å². The van der Waals surface area contributed by atoms with Gasteiger partial charge < -0.3 is 109 Å². The van der Waals surface area contributed by atoms with Gasteiger partial charge in [-0.3, -0.25) is 34.9 Å². The zero-order valence-electron chi connectivity index (χ0n) is 49.2. The van der Waals surface area contributed by atoms with Crippen LogP contribution in [-0.4, -0.2) is 234 Å². The van der Waals surface area contributed by atoms with Crippen LogP contribution in [0.1, 0.15) is 37.8 Å². The molecule has 6 rings (SSSR count). The number of nitrogens with two attached hydrogens (primary N) is 7. The van der Waals surface area contributed by atoms with E-state index in [9.17, 15) is 0 Å². The Morgan fingerprint density at radius 1 is 0.345 bits per heavy atom. The Morgan fingerprint density at radius 3 is 1.23 bits per heavy atom. The normalized spacial score (nSPS) is 12.1. The number of hydrogen-bond donors (Lipinski definition) is 23. The van der Waals surface area contributed by atoms with Crippen LogP contribution in [0.5, 0.6) is 0 Å². The lowest BCUT2D eigenvalue weighted by Crippen LogP contribution is -2.33. The first-order valence-corrected chi connectivity index (χ1v) is 28.9. The zero-order chi connectivity index (χ0) is 61.5. The minimum absolute atomic E-state index is 0.0883. The molecular formula is C46H87N41. The largest absolute Gasteiger partial charge is 0.368 e. The summed E-state index contributed by atoms with van der Waals surface area (Å²) >= 11 is 0. The van der Waals surface area contributed by atoms with Crippen LogP contribution in [0.3, 0.4) is 0 Å². The molecule has 0 fully saturated rings. The average Bonchev–Trinajstić information content (AvgIpc) is 3.61. The maximum atomic E-state index is 5.86. The topological polar surface area (TPSA) is 620 Å². The molecule has 0 saturated heterocycles. The molecule has 0 aromatic carbocycles. The van der Waals surface area contributed by atoms with Gasteiger partial charge in [0, 0.05) is 137 Å². The SMILES string of the molecule is CCCN=c1nc(CNCCN=c2[nH]c(NCCN)nc(=NCCCNc3nc(NCCN)nc(NCCNc4nc(NCCN)nc(NCCNc5nc(CCCNc6nc(N)nc(NCCN)n6)nc(NCCN)n5)n4)n3)[nH]2)[nH]c(=NCCN)[nH]1. The van der Waals surface area contributed by atoms with E-state index in [1.165, 1.54) is 0 Å². The third-order valence-electron chi connectivity index (χ3n) is 11.0. The Bertz CT molecular complexity index is 3170. The fourth-order valence-corrected chi connectivity index (χ4v) is 7.19. The van der Waals surface area contributed by atoms with Crippen molar-refractivity contribution in [1.29, 1.82) is 0 Å². The number of nitrogens with one attached hydrogen (secondary N) is 16. The predicted octanol–water partition coefficient (Wildman–Crippen LogP) is -6.68. The second kappa shape index (κ2) is 39.2. The highest BCUT2D eigenvalue weighted by atomic mass is 15.3. The Hall–Kier alpha value is -9.42. The van der Waals surface area contributed by atoms with E-state index in [1.807, 2.05) is 0 Å². The minimum Gasteiger partial charge on any atom is -0.368 e. The fourth-order valence-electron chi connectivity index (χ4n) is 7.19. The van der Waals surface area contributed by atoms with E-state index < -0.39 is 0 Å². The molecule has 0 bridgehead atoms. The third-order valence-corrected chi connectivity index (χ3v) is 11.0. The second-order valence-corrected chi connectivity index (χ2v) is 18.3. The molecule has 6 heterocycles. The number of aromatic amines is 4. The monoisotopic (exact) mass is 1210 g/mol. The van der Waals surface area contributed by atoms with Gasteiger partial charge in [0.2, 0.25) is 93.9 Å². The van der Waals surface area contributed by atoms with Crippen molar-refractivity contribution in [2.75, 3.05) is 208 Å². The smallest absolute Gasteiger partial charge is 0.229 e. The molecule has 0 amide bonds. The fraction of sp³-hybridized carbons (Fsp3) is 0.609. The van der Waals surface area contributed by atoms with E-state index in [1.54, 1.807) is 0 Å². The van der Waals surface area contributed by atoms with Gasteiger partial charge in [0.25, 0.3) is 0 Å². The molecule has 6 aromatic heterocycles. The van der Waals surface area contributed by atoms with E-state index in [0.29, 0.717) is 269 Å². The van der Waals surface area contributed by atoms with Gasteiger partial charge in [-0.15, -0.1) is 0 Å². The summed E-state index contributed by atoms with van der Waals surface area (Å²) in [7, 11) is 0. The lowest BCUT2D eigenvalue weighted by atomic mass is 10.3. The lowest BCUT2D eigenvalue weighted by molar-refractivity contribution is 0.636. The summed E-state index contributed by atoms with van der Waals surface area (Å²) in [5, 5.41) is 38.4. The van der Waals surface area contributed by atoms with Gasteiger partial charge in [0.15, 0.2) is 0 Å². The van der Waals surface area contributed by atoms with E-state index in [4.69, 9.17) is 40.1 Å². The number of nitrogens with zero attached hydrogens (tertiary/aromatic N) is 18. The lowest BCUT2D eigenvalue weighted by Gasteiger charge is -2.13. The maximum Gasteiger partial charge on any atom is 0.229 e. The number of aryl methyl sites for hydroxylation is 1. The number of anilines is 12. The summed E-state index contributed by atoms with van der Waals surface area (Å²) in [6, 6.07) is 0. The highest BCUT2D eigenvalue weighted by Crippen LogP contribution is 2.13. The van der Waals surface area contributed by atoms with Gasteiger partial charge in [-0.2, -0.15) is 69.8 Å². The molecule has 0 aliphatic rings. The molecule has 41 heteroatoms. The molecule has 87 heavy (non-hydrogen) atoms. The molecule has 6 aromatic rings. The van der Waals surface area contributed by atoms with E-state index in [2.05, 4.69) is 180 Å². The molecule has 41 nitrogen and oxygen atoms in total. The van der Waals surface area contributed by atoms with Crippen LogP contribution >= 0.6 is 0 Å². The predicted molar refractivity (Wildman–Crippen MR) is 334 cm³/mol. The van der Waals surface area contributed by atoms with Crippen molar-refractivity contribution in [3.63, 3.8) is 0 Å². The summed E-state index contributed by atoms with van der Waals surface area (Å²) < 4.78 is 0. The van der Waals surface area contributed by atoms with Crippen molar-refractivity contribution in [3.05, 3.63) is 34.1 Å². The molecule has 0 aliphatic carbocycles. The van der Waals surface area contributed by atoms with Crippen LogP contribution in [0.4, 0.5) is 71.4 Å². The Morgan fingerprint density at radius 2 is 0.747 bits per heavy atom. The first-order valence-electron chi connectivity index (χ1n) is 28.9. The average molecular weight is 1210 g/mol. The van der Waals surface area contributed by atoms with E-state index in [0.717, 1.165) is 6.42 Å². The molecule has 0 spiro atoms. The van der Waals surface area contributed by atoms with Crippen LogP contribution in [0.2, 0.25) is 0 Å². The highest BCUT2D eigenvalue weighted by Gasteiger charge is 2.12. The molecular weight excluding hydrogens is 1130 g/mol. The van der Waals surface area contributed by atoms with E-state index in [-0.39, 0.29) is 5.95 Å². The molecule has 0 saturated carbocycles. The number of aromatic nitrogens is 18. The van der Waals surface area contributed by atoms with Gasteiger partial charge >= 0.3 is 0 Å². The van der Waals surface area contributed by atoms with Gasteiger partial charge in [0.1, 0.15) is 11.6 Å². The number of H-pyrrole nitrogens is 4. The molecule has 30 N–H and O–H groups in total. The van der Waals surface area contributed by atoms with Crippen molar-refractivity contribution >= 4 is 71.4 Å². The highest BCUT2D eigenvalue weighted by molar-refractivity contribution is 5.45. The van der Waals surface area contributed by atoms with Crippen LogP contribution in [0.25, 0.3) is 0 Å². The van der Waals surface area contributed by atoms with Gasteiger partial charge in [-0.1, -0.05) is 6.92 Å². The number of rotatable bonds is 44. The van der Waals surface area contributed by atoms with Crippen LogP contribution in [0.15, 0.2) is 20.0 Å². The maximum absolute atomic E-state index is 5.86. The van der Waals surface area contributed by atoms with Crippen molar-refractivity contribution < 1.29 is 0 Å². The molecule has 0 radical (unpaired) electrons. The molecule has 0 atom stereocenters. The first-order chi connectivity index (χ1) is 42.7. The minimum atomic E-state index is 0.0883. The Kier molecular flexibility index (Phi) is 30.1. The summed E-state index contributed by atoms with van der Waals surface area (Å²) in [5.74, 6) is 5.30. The molecule has 0 aliphatic heterocycles. The summed E-state index contributed by atoms with van der Waals surface area (Å²) in [5.41, 5.74) is 42.1. The number of hydrogen-bond acceptors (Lipinski definition) is 37. The summed E-state index contributed by atoms with van der Waals surface area (Å²) in [4.78, 5) is 93.6. The zero-order valence-corrected chi connectivity index (χ0v) is 49.2. The third kappa shape index (κ3) is 26.2. The first kappa shape index (κ1) is 66.7. The van der Waals surface area contributed by atoms with Crippen molar-refractivity contribution in [3.8, 4) is 0 Å². The van der Waals surface area contributed by atoms with E-state index >= 15 is 0 Å². The van der Waals surface area contributed by atoms with Gasteiger partial charge in [-0.05, 0) is 19.3 Å². The van der Waals surface area contributed by atoms with Crippen molar-refractivity contribution in [1.82, 2.24) is 95.0 Å². The van der Waals surface area contributed by atoms with Gasteiger partial charge in [0.05, 0.1) is 19.6 Å². The second-order valence-electron chi connectivity index (χ2n) is 18.3.